The second-order valence-electron chi connectivity index (χ2n) is 5.76. The van der Waals surface area contributed by atoms with Crippen molar-refractivity contribution >= 4 is 11.3 Å². The van der Waals surface area contributed by atoms with Gasteiger partial charge in [0.25, 0.3) is 0 Å². The second kappa shape index (κ2) is 7.89. The first kappa shape index (κ1) is 15.6. The van der Waals surface area contributed by atoms with Crippen molar-refractivity contribution in [3.8, 4) is 0 Å². The average Bonchev–Trinajstić information content (AvgIpc) is 2.76. The van der Waals surface area contributed by atoms with E-state index in [-0.39, 0.29) is 0 Å². The van der Waals surface area contributed by atoms with Gasteiger partial charge in [0, 0.05) is 11.4 Å². The molecule has 0 saturated carbocycles. The van der Waals surface area contributed by atoms with E-state index in [2.05, 4.69) is 26.1 Å². The Morgan fingerprint density at radius 1 is 1.44 bits per heavy atom. The zero-order valence-corrected chi connectivity index (χ0v) is 12.4. The van der Waals surface area contributed by atoms with E-state index in [0.29, 0.717) is 25.2 Å². The molecule has 0 aromatic carbocycles. The molecular formula is C14H25NO2S. The number of ether oxygens (including phenoxy) is 1. The van der Waals surface area contributed by atoms with E-state index in [1.807, 2.05) is 17.5 Å². The van der Waals surface area contributed by atoms with Crippen molar-refractivity contribution in [2.24, 2.45) is 5.41 Å². The second-order valence-corrected chi connectivity index (χ2v) is 6.80. The Kier molecular flexibility index (Phi) is 6.86. The minimum absolute atomic E-state index is 0.341. The molecule has 1 atom stereocenters. The van der Waals surface area contributed by atoms with Crippen LogP contribution in [0.15, 0.2) is 17.5 Å². The molecule has 1 aromatic heterocycles. The van der Waals surface area contributed by atoms with Crippen molar-refractivity contribution in [3.63, 3.8) is 0 Å². The summed E-state index contributed by atoms with van der Waals surface area (Å²) in [7, 11) is 0. The third-order valence-corrected chi connectivity index (χ3v) is 3.42. The summed E-state index contributed by atoms with van der Waals surface area (Å²) >= 11 is 1.68. The maximum Gasteiger partial charge on any atom is 0.0897 e. The molecule has 0 bridgehead atoms. The fourth-order valence-corrected chi connectivity index (χ4v) is 2.12. The molecule has 4 heteroatoms. The van der Waals surface area contributed by atoms with Crippen molar-refractivity contribution < 1.29 is 9.84 Å². The van der Waals surface area contributed by atoms with Crippen LogP contribution in [0.4, 0.5) is 0 Å². The highest BCUT2D eigenvalue weighted by molar-refractivity contribution is 7.09. The maximum absolute atomic E-state index is 9.72. The first-order valence-electron chi connectivity index (χ1n) is 6.46. The van der Waals surface area contributed by atoms with E-state index >= 15 is 0 Å². The van der Waals surface area contributed by atoms with E-state index in [1.165, 1.54) is 4.88 Å². The standard InChI is InChI=1S/C14H25NO2S/c1-14(2,3)6-7-15-9-12(16)10-17-11-13-5-4-8-18-13/h4-5,8,12,15-16H,6-7,9-11H2,1-3H3. The Balaban J connectivity index is 1.99. The van der Waals surface area contributed by atoms with Gasteiger partial charge in [0.2, 0.25) is 0 Å². The predicted molar refractivity (Wildman–Crippen MR) is 76.9 cm³/mol. The third kappa shape index (κ3) is 7.82. The summed E-state index contributed by atoms with van der Waals surface area (Å²) in [4.78, 5) is 1.20. The zero-order chi connectivity index (χ0) is 13.4. The van der Waals surface area contributed by atoms with E-state index in [1.54, 1.807) is 11.3 Å². The first-order chi connectivity index (χ1) is 8.47. The number of hydrogen-bond donors (Lipinski definition) is 2. The largest absolute Gasteiger partial charge is 0.389 e. The fourth-order valence-electron chi connectivity index (χ4n) is 1.48. The van der Waals surface area contributed by atoms with E-state index in [9.17, 15) is 5.11 Å². The van der Waals surface area contributed by atoms with Crippen LogP contribution in [0.3, 0.4) is 0 Å². The number of rotatable bonds is 8. The van der Waals surface area contributed by atoms with E-state index in [4.69, 9.17) is 4.74 Å². The molecule has 1 heterocycles. The van der Waals surface area contributed by atoms with Crippen LogP contribution < -0.4 is 5.32 Å². The highest BCUT2D eigenvalue weighted by Gasteiger charge is 2.10. The maximum atomic E-state index is 9.72. The lowest BCUT2D eigenvalue weighted by Gasteiger charge is -2.19. The molecule has 0 saturated heterocycles. The Hall–Kier alpha value is -0.420. The SMILES string of the molecule is CC(C)(C)CCNCC(O)COCc1cccs1. The third-order valence-electron chi connectivity index (χ3n) is 2.57. The fraction of sp³-hybridized carbons (Fsp3) is 0.714. The summed E-state index contributed by atoms with van der Waals surface area (Å²) < 4.78 is 5.46. The van der Waals surface area contributed by atoms with Crippen LogP contribution >= 0.6 is 11.3 Å². The molecule has 0 spiro atoms. The topological polar surface area (TPSA) is 41.5 Å². The van der Waals surface area contributed by atoms with Gasteiger partial charge in [-0.05, 0) is 29.8 Å². The lowest BCUT2D eigenvalue weighted by molar-refractivity contribution is 0.0297. The smallest absolute Gasteiger partial charge is 0.0897 e. The van der Waals surface area contributed by atoms with Crippen LogP contribution in [0.1, 0.15) is 32.1 Å². The van der Waals surface area contributed by atoms with Crippen molar-refractivity contribution in [3.05, 3.63) is 22.4 Å². The van der Waals surface area contributed by atoms with Crippen molar-refractivity contribution in [2.45, 2.75) is 39.9 Å². The molecule has 104 valence electrons. The van der Waals surface area contributed by atoms with Gasteiger partial charge in [0.05, 0.1) is 19.3 Å². The van der Waals surface area contributed by atoms with Gasteiger partial charge in [-0.2, -0.15) is 0 Å². The van der Waals surface area contributed by atoms with Crippen molar-refractivity contribution in [2.75, 3.05) is 19.7 Å². The van der Waals surface area contributed by atoms with E-state index < -0.39 is 6.10 Å². The molecule has 2 N–H and O–H groups in total. The van der Waals surface area contributed by atoms with Crippen LogP contribution in [0.25, 0.3) is 0 Å². The summed E-state index contributed by atoms with van der Waals surface area (Å²) in [5.74, 6) is 0. The molecule has 1 aromatic rings. The van der Waals surface area contributed by atoms with Gasteiger partial charge < -0.3 is 15.2 Å². The first-order valence-corrected chi connectivity index (χ1v) is 7.34. The Labute approximate surface area is 114 Å². The van der Waals surface area contributed by atoms with Crippen LogP contribution in [0, 0.1) is 5.41 Å². The molecular weight excluding hydrogens is 246 g/mol. The minimum atomic E-state index is -0.426. The van der Waals surface area contributed by atoms with Gasteiger partial charge >= 0.3 is 0 Å². The molecule has 0 aliphatic carbocycles. The van der Waals surface area contributed by atoms with Crippen molar-refractivity contribution in [1.29, 1.82) is 0 Å². The molecule has 1 unspecified atom stereocenters. The number of hydrogen-bond acceptors (Lipinski definition) is 4. The average molecular weight is 271 g/mol. The molecule has 0 radical (unpaired) electrons. The van der Waals surface area contributed by atoms with Gasteiger partial charge in [0.15, 0.2) is 0 Å². The number of thiophene rings is 1. The van der Waals surface area contributed by atoms with Crippen LogP contribution in [0.2, 0.25) is 0 Å². The quantitative estimate of drug-likeness (QED) is 0.714. The molecule has 0 aliphatic rings. The summed E-state index contributed by atoms with van der Waals surface area (Å²) in [6, 6.07) is 4.05. The Morgan fingerprint density at radius 2 is 2.22 bits per heavy atom. The molecule has 0 fully saturated rings. The molecule has 18 heavy (non-hydrogen) atoms. The molecule has 0 aliphatic heterocycles. The van der Waals surface area contributed by atoms with Gasteiger partial charge in [-0.1, -0.05) is 26.8 Å². The Bertz CT molecular complexity index is 306. The van der Waals surface area contributed by atoms with Gasteiger partial charge in [-0.3, -0.25) is 0 Å². The van der Waals surface area contributed by atoms with Crippen molar-refractivity contribution in [1.82, 2.24) is 5.32 Å². The summed E-state index contributed by atoms with van der Waals surface area (Å²) in [5, 5.41) is 15.0. The zero-order valence-electron chi connectivity index (χ0n) is 11.6. The predicted octanol–water partition coefficient (Wildman–Crippen LogP) is 2.65. The molecule has 1 rings (SSSR count). The minimum Gasteiger partial charge on any atom is -0.389 e. The normalized spacial score (nSPS) is 13.8. The number of nitrogens with one attached hydrogen (secondary N) is 1. The van der Waals surface area contributed by atoms with Gasteiger partial charge in [-0.25, -0.2) is 0 Å². The number of aliphatic hydroxyl groups is 1. The van der Waals surface area contributed by atoms with Crippen LogP contribution in [0.5, 0.6) is 0 Å². The highest BCUT2D eigenvalue weighted by Crippen LogP contribution is 2.16. The Morgan fingerprint density at radius 3 is 2.83 bits per heavy atom. The van der Waals surface area contributed by atoms with Crippen LogP contribution in [-0.4, -0.2) is 30.9 Å². The lowest BCUT2D eigenvalue weighted by Crippen LogP contribution is -2.32. The molecule has 3 nitrogen and oxygen atoms in total. The lowest BCUT2D eigenvalue weighted by atomic mass is 9.92. The van der Waals surface area contributed by atoms with Crippen LogP contribution in [-0.2, 0) is 11.3 Å². The highest BCUT2D eigenvalue weighted by atomic mass is 32.1. The van der Waals surface area contributed by atoms with Gasteiger partial charge in [-0.15, -0.1) is 11.3 Å². The van der Waals surface area contributed by atoms with Gasteiger partial charge in [0.1, 0.15) is 0 Å². The molecule has 0 amide bonds. The van der Waals surface area contributed by atoms with E-state index in [0.717, 1.165) is 13.0 Å². The summed E-state index contributed by atoms with van der Waals surface area (Å²) in [5.41, 5.74) is 0.341. The monoisotopic (exact) mass is 271 g/mol. The number of aliphatic hydroxyl groups excluding tert-OH is 1. The summed E-state index contributed by atoms with van der Waals surface area (Å²) in [6.07, 6.45) is 0.681. The summed E-state index contributed by atoms with van der Waals surface area (Å²) in [6.45, 7) is 9.17.